The van der Waals surface area contributed by atoms with E-state index in [0.29, 0.717) is 22.5 Å². The molecule has 2 atom stereocenters. The third-order valence-electron chi connectivity index (χ3n) is 6.50. The first kappa shape index (κ1) is 29.9. The molecule has 4 rings (SSSR count). The fraction of sp³-hybridized carbons (Fsp3) is 0.286. The number of hydrogen-bond donors (Lipinski definition) is 2. The summed E-state index contributed by atoms with van der Waals surface area (Å²) in [5.41, 5.74) is 1.94. The Morgan fingerprint density at radius 1 is 0.700 bits per heavy atom. The second kappa shape index (κ2) is 12.6. The predicted octanol–water partition coefficient (Wildman–Crippen LogP) is 5.38. The van der Waals surface area contributed by atoms with Crippen molar-refractivity contribution >= 4 is 91.6 Å². The summed E-state index contributed by atoms with van der Waals surface area (Å²) >= 11 is 13.1. The summed E-state index contributed by atoms with van der Waals surface area (Å²) in [5, 5.41) is 5.82. The molecule has 2 aliphatic heterocycles. The number of thioether (sulfide) groups is 2. The first-order valence-electron chi connectivity index (χ1n) is 12.7. The minimum absolute atomic E-state index is 0.0460. The van der Waals surface area contributed by atoms with E-state index in [9.17, 15) is 19.2 Å². The summed E-state index contributed by atoms with van der Waals surface area (Å²) in [6.45, 7) is 7.83. The number of amides is 4. The Kier molecular flexibility index (Phi) is 9.44. The van der Waals surface area contributed by atoms with E-state index in [0.717, 1.165) is 36.4 Å². The molecule has 4 amide bonds. The van der Waals surface area contributed by atoms with Gasteiger partial charge in [-0.15, -0.1) is 0 Å². The number of benzene rings is 2. The molecule has 0 radical (unpaired) electrons. The van der Waals surface area contributed by atoms with Crippen molar-refractivity contribution in [2.24, 2.45) is 0 Å². The number of nitrogens with one attached hydrogen (secondary N) is 2. The summed E-state index contributed by atoms with van der Waals surface area (Å²) in [6.07, 6.45) is 1.63. The SMILES string of the molecule is CC[C@@H](C)NC(=O)c1ccc(N2C(=O)/C(=C3\SC(=S)N(c4ccc(C(=O)N[C@H](C)CC)cc4)C3=O)SC2=S)cc1. The largest absolute Gasteiger partial charge is 0.350 e. The molecule has 2 fully saturated rings. The zero-order valence-corrected chi connectivity index (χ0v) is 25.6. The van der Waals surface area contributed by atoms with E-state index >= 15 is 0 Å². The van der Waals surface area contributed by atoms with Gasteiger partial charge in [0.05, 0.1) is 21.2 Å². The van der Waals surface area contributed by atoms with Crippen molar-refractivity contribution in [1.29, 1.82) is 0 Å². The predicted molar refractivity (Wildman–Crippen MR) is 170 cm³/mol. The fourth-order valence-electron chi connectivity index (χ4n) is 3.80. The van der Waals surface area contributed by atoms with Crippen LogP contribution in [0.4, 0.5) is 11.4 Å². The van der Waals surface area contributed by atoms with Crippen LogP contribution in [-0.2, 0) is 9.59 Å². The molecule has 0 aromatic heterocycles. The van der Waals surface area contributed by atoms with Gasteiger partial charge in [0.1, 0.15) is 0 Å². The van der Waals surface area contributed by atoms with Crippen LogP contribution in [0.2, 0.25) is 0 Å². The molecule has 2 aliphatic rings. The van der Waals surface area contributed by atoms with E-state index in [1.807, 2.05) is 27.7 Å². The van der Waals surface area contributed by atoms with Crippen LogP contribution in [-0.4, -0.2) is 44.4 Å². The van der Waals surface area contributed by atoms with Crippen molar-refractivity contribution in [3.8, 4) is 0 Å². The van der Waals surface area contributed by atoms with E-state index in [-0.39, 0.29) is 42.3 Å². The van der Waals surface area contributed by atoms with E-state index in [4.69, 9.17) is 24.4 Å². The molecule has 2 saturated heterocycles. The van der Waals surface area contributed by atoms with Gasteiger partial charge >= 0.3 is 0 Å². The summed E-state index contributed by atoms with van der Waals surface area (Å²) < 4.78 is 0.553. The average molecular weight is 613 g/mol. The van der Waals surface area contributed by atoms with Gasteiger partial charge in [-0.25, -0.2) is 0 Å². The average Bonchev–Trinajstić information content (AvgIpc) is 3.41. The first-order chi connectivity index (χ1) is 19.0. The summed E-state index contributed by atoms with van der Waals surface area (Å²) in [4.78, 5) is 54.8. The zero-order valence-electron chi connectivity index (χ0n) is 22.3. The minimum atomic E-state index is -0.427. The van der Waals surface area contributed by atoms with Crippen LogP contribution in [0.3, 0.4) is 0 Å². The Labute approximate surface area is 252 Å². The normalized spacial score (nSPS) is 18.8. The van der Waals surface area contributed by atoms with E-state index < -0.39 is 11.8 Å². The second-order valence-electron chi connectivity index (χ2n) is 9.33. The lowest BCUT2D eigenvalue weighted by Crippen LogP contribution is -2.32. The minimum Gasteiger partial charge on any atom is -0.350 e. The first-order valence-corrected chi connectivity index (χ1v) is 15.2. The number of rotatable bonds is 8. The maximum Gasteiger partial charge on any atom is 0.272 e. The summed E-state index contributed by atoms with van der Waals surface area (Å²) in [7, 11) is 0. The van der Waals surface area contributed by atoms with E-state index in [1.165, 1.54) is 9.80 Å². The number of hydrogen-bond acceptors (Lipinski definition) is 8. The lowest BCUT2D eigenvalue weighted by Gasteiger charge is -2.16. The quantitative estimate of drug-likeness (QED) is 0.303. The molecule has 0 unspecified atom stereocenters. The molecule has 2 N–H and O–H groups in total. The molecule has 0 bridgehead atoms. The molecule has 2 aromatic carbocycles. The van der Waals surface area contributed by atoms with Crippen LogP contribution >= 0.6 is 48.0 Å². The van der Waals surface area contributed by atoms with Gasteiger partial charge in [-0.05, 0) is 75.2 Å². The van der Waals surface area contributed by atoms with E-state index in [1.54, 1.807) is 48.5 Å². The Bertz CT molecular complexity index is 1320. The molecule has 2 heterocycles. The van der Waals surface area contributed by atoms with Gasteiger partial charge in [0, 0.05) is 23.2 Å². The standard InChI is InChI=1S/C28H28N4O4S4/c1-5-15(3)29-23(33)17-7-11-19(12-8-17)31-25(35)21(39-27(31)37)22-26(36)32(28(38)40-22)20-13-9-18(10-14-20)24(34)30-16(4)6-2/h7-16H,5-6H2,1-4H3,(H,29,33)(H,30,34)/b22-21+/t15-,16-/m1/s1. The van der Waals surface area contributed by atoms with Crippen molar-refractivity contribution in [2.45, 2.75) is 52.6 Å². The summed E-state index contributed by atoms with van der Waals surface area (Å²) in [6, 6.07) is 13.3. The number of nitrogens with zero attached hydrogens (tertiary/aromatic N) is 2. The third kappa shape index (κ3) is 6.14. The van der Waals surface area contributed by atoms with Crippen molar-refractivity contribution in [3.63, 3.8) is 0 Å². The van der Waals surface area contributed by atoms with Crippen molar-refractivity contribution in [3.05, 3.63) is 69.5 Å². The van der Waals surface area contributed by atoms with Crippen molar-refractivity contribution in [1.82, 2.24) is 10.6 Å². The second-order valence-corrected chi connectivity index (χ2v) is 12.6. The molecule has 0 spiro atoms. The van der Waals surface area contributed by atoms with Gasteiger partial charge in [0.2, 0.25) is 0 Å². The molecule has 0 aliphatic carbocycles. The lowest BCUT2D eigenvalue weighted by molar-refractivity contribution is -0.115. The zero-order chi connectivity index (χ0) is 29.1. The van der Waals surface area contributed by atoms with Gasteiger partial charge in [0.25, 0.3) is 23.6 Å². The molecule has 8 nitrogen and oxygen atoms in total. The molecular formula is C28H28N4O4S4. The third-order valence-corrected chi connectivity index (χ3v) is 9.37. The van der Waals surface area contributed by atoms with Crippen LogP contribution in [0.1, 0.15) is 61.3 Å². The number of thiocarbonyl (C=S) groups is 2. The van der Waals surface area contributed by atoms with Gasteiger partial charge in [-0.3, -0.25) is 29.0 Å². The molecule has 208 valence electrons. The van der Waals surface area contributed by atoms with Crippen LogP contribution in [0.25, 0.3) is 0 Å². The van der Waals surface area contributed by atoms with Gasteiger partial charge in [0.15, 0.2) is 8.64 Å². The fourth-order valence-corrected chi connectivity index (χ4v) is 6.55. The number of carbonyl (C=O) groups excluding carboxylic acids is 4. The van der Waals surface area contributed by atoms with Gasteiger partial charge < -0.3 is 10.6 Å². The molecule has 2 aromatic rings. The highest BCUT2D eigenvalue weighted by Gasteiger charge is 2.43. The van der Waals surface area contributed by atoms with Crippen LogP contribution < -0.4 is 20.4 Å². The monoisotopic (exact) mass is 612 g/mol. The topological polar surface area (TPSA) is 98.8 Å². The highest BCUT2D eigenvalue weighted by molar-refractivity contribution is 8.30. The molecule has 12 heteroatoms. The summed E-state index contributed by atoms with van der Waals surface area (Å²) in [5.74, 6) is -1.24. The van der Waals surface area contributed by atoms with Crippen molar-refractivity contribution < 1.29 is 19.2 Å². The van der Waals surface area contributed by atoms with Gasteiger partial charge in [-0.1, -0.05) is 61.8 Å². The lowest BCUT2D eigenvalue weighted by atomic mass is 10.1. The van der Waals surface area contributed by atoms with Crippen LogP contribution in [0, 0.1) is 0 Å². The van der Waals surface area contributed by atoms with Gasteiger partial charge in [-0.2, -0.15) is 0 Å². The van der Waals surface area contributed by atoms with E-state index in [2.05, 4.69) is 10.6 Å². The van der Waals surface area contributed by atoms with Crippen molar-refractivity contribution in [2.75, 3.05) is 9.80 Å². The maximum absolute atomic E-state index is 13.4. The smallest absolute Gasteiger partial charge is 0.272 e. The molecule has 0 saturated carbocycles. The Morgan fingerprint density at radius 2 is 1.02 bits per heavy atom. The highest BCUT2D eigenvalue weighted by Crippen LogP contribution is 2.44. The Balaban J connectivity index is 1.53. The highest BCUT2D eigenvalue weighted by atomic mass is 32.2. The number of anilines is 2. The maximum atomic E-state index is 13.4. The number of carbonyl (C=O) groups is 4. The molecule has 40 heavy (non-hydrogen) atoms. The van der Waals surface area contributed by atoms with Crippen LogP contribution in [0.15, 0.2) is 58.3 Å². The Hall–Kier alpha value is -3.06. The van der Waals surface area contributed by atoms with Crippen LogP contribution in [0.5, 0.6) is 0 Å². The molecular weight excluding hydrogens is 585 g/mol. The Morgan fingerprint density at radius 3 is 1.32 bits per heavy atom.